The molecule has 0 bridgehead atoms. The number of ether oxygens (including phenoxy) is 1. The second-order valence-corrected chi connectivity index (χ2v) is 6.06. The summed E-state index contributed by atoms with van der Waals surface area (Å²) in [4.78, 5) is 11.1. The molecule has 0 spiro atoms. The quantitative estimate of drug-likeness (QED) is 0.749. The van der Waals surface area contributed by atoms with Crippen LogP contribution in [0.1, 0.15) is 41.0 Å². The van der Waals surface area contributed by atoms with Gasteiger partial charge < -0.3 is 14.9 Å². The third-order valence-corrected chi connectivity index (χ3v) is 3.91. The Hall–Kier alpha value is -0.610. The van der Waals surface area contributed by atoms with Gasteiger partial charge in [0.25, 0.3) is 0 Å². The number of hydrogen-bond acceptors (Lipinski definition) is 3. The lowest BCUT2D eigenvalue weighted by atomic mass is 9.93. The summed E-state index contributed by atoms with van der Waals surface area (Å²) in [5, 5.41) is 19.4. The molecule has 0 amide bonds. The molecule has 0 radical (unpaired) electrons. The highest BCUT2D eigenvalue weighted by Gasteiger charge is 2.67. The fourth-order valence-corrected chi connectivity index (χ4v) is 2.62. The van der Waals surface area contributed by atoms with Gasteiger partial charge in [0.05, 0.1) is 17.6 Å². The van der Waals surface area contributed by atoms with Gasteiger partial charge in [0.2, 0.25) is 0 Å². The van der Waals surface area contributed by atoms with E-state index >= 15 is 0 Å². The number of carboxylic acid groups (broad SMARTS) is 1. The number of hydrogen-bond donors (Lipinski definition) is 2. The molecule has 3 unspecified atom stereocenters. The number of aliphatic hydroxyl groups excluding tert-OH is 1. The Labute approximate surface area is 103 Å². The third-order valence-electron chi connectivity index (χ3n) is 3.91. The Balaban J connectivity index is 2.71. The molecule has 4 heteroatoms. The summed E-state index contributed by atoms with van der Waals surface area (Å²) in [6.45, 7) is 9.99. The summed E-state index contributed by atoms with van der Waals surface area (Å²) >= 11 is 0. The van der Waals surface area contributed by atoms with Crippen molar-refractivity contribution in [1.29, 1.82) is 0 Å². The zero-order valence-corrected chi connectivity index (χ0v) is 11.4. The van der Waals surface area contributed by atoms with E-state index in [4.69, 9.17) is 9.84 Å². The normalized spacial score (nSPS) is 28.8. The van der Waals surface area contributed by atoms with Crippen molar-refractivity contribution >= 4 is 5.97 Å². The second-order valence-electron chi connectivity index (χ2n) is 6.06. The van der Waals surface area contributed by atoms with Gasteiger partial charge in [0, 0.05) is 12.5 Å². The van der Waals surface area contributed by atoms with Crippen LogP contribution < -0.4 is 0 Å². The average molecular weight is 244 g/mol. The van der Waals surface area contributed by atoms with Crippen LogP contribution in [0.15, 0.2) is 0 Å². The Morgan fingerprint density at radius 1 is 1.47 bits per heavy atom. The lowest BCUT2D eigenvalue weighted by Gasteiger charge is -2.31. The van der Waals surface area contributed by atoms with Crippen LogP contribution in [0.4, 0.5) is 0 Å². The molecule has 0 saturated heterocycles. The van der Waals surface area contributed by atoms with Crippen LogP contribution in [0.5, 0.6) is 0 Å². The van der Waals surface area contributed by atoms with Gasteiger partial charge in [-0.15, -0.1) is 0 Å². The molecule has 17 heavy (non-hydrogen) atoms. The molecule has 1 rings (SSSR count). The predicted octanol–water partition coefficient (Wildman–Crippen LogP) is 1.91. The molecule has 0 heterocycles. The van der Waals surface area contributed by atoms with E-state index in [2.05, 4.69) is 0 Å². The number of aliphatic carboxylic acids is 1. The molecule has 0 aromatic heterocycles. The van der Waals surface area contributed by atoms with Crippen LogP contribution in [0, 0.1) is 17.3 Å². The SMILES string of the molecule is CCCOC(C)(C)C(O)C1C(C(=O)O)C1(C)C. The Morgan fingerprint density at radius 2 is 2.00 bits per heavy atom. The van der Waals surface area contributed by atoms with Crippen molar-refractivity contribution in [3.05, 3.63) is 0 Å². The molecule has 1 aliphatic carbocycles. The van der Waals surface area contributed by atoms with E-state index in [-0.39, 0.29) is 11.3 Å². The molecule has 1 saturated carbocycles. The zero-order chi connectivity index (χ0) is 13.4. The van der Waals surface area contributed by atoms with Gasteiger partial charge >= 0.3 is 5.97 Å². The van der Waals surface area contributed by atoms with Gasteiger partial charge in [0.15, 0.2) is 0 Å². The summed E-state index contributed by atoms with van der Waals surface area (Å²) in [5.41, 5.74) is -1.04. The van der Waals surface area contributed by atoms with Crippen LogP contribution in [-0.4, -0.2) is 34.5 Å². The van der Waals surface area contributed by atoms with Crippen LogP contribution >= 0.6 is 0 Å². The average Bonchev–Trinajstić information content (AvgIpc) is 2.77. The minimum Gasteiger partial charge on any atom is -0.481 e. The maximum atomic E-state index is 11.1. The number of carbonyl (C=O) groups is 1. The van der Waals surface area contributed by atoms with Gasteiger partial charge in [-0.2, -0.15) is 0 Å². The van der Waals surface area contributed by atoms with Crippen molar-refractivity contribution in [2.75, 3.05) is 6.61 Å². The molecule has 0 aromatic rings. The summed E-state index contributed by atoms with van der Waals surface area (Å²) < 4.78 is 5.62. The van der Waals surface area contributed by atoms with E-state index in [1.807, 2.05) is 34.6 Å². The minimum absolute atomic E-state index is 0.230. The minimum atomic E-state index is -0.828. The summed E-state index contributed by atoms with van der Waals surface area (Å²) in [6, 6.07) is 0. The van der Waals surface area contributed by atoms with Crippen molar-refractivity contribution in [3.8, 4) is 0 Å². The van der Waals surface area contributed by atoms with Gasteiger partial charge in [-0.25, -0.2) is 0 Å². The molecule has 3 atom stereocenters. The van der Waals surface area contributed by atoms with E-state index in [1.54, 1.807) is 0 Å². The van der Waals surface area contributed by atoms with E-state index in [9.17, 15) is 9.90 Å². The maximum absolute atomic E-state index is 11.1. The van der Waals surface area contributed by atoms with Gasteiger partial charge in [-0.05, 0) is 25.7 Å². The van der Waals surface area contributed by atoms with Crippen molar-refractivity contribution in [1.82, 2.24) is 0 Å². The van der Waals surface area contributed by atoms with E-state index in [0.717, 1.165) is 6.42 Å². The van der Waals surface area contributed by atoms with Crippen LogP contribution in [0.25, 0.3) is 0 Å². The largest absolute Gasteiger partial charge is 0.481 e. The lowest BCUT2D eigenvalue weighted by Crippen LogP contribution is -2.42. The van der Waals surface area contributed by atoms with Crippen molar-refractivity contribution in [2.45, 2.75) is 52.7 Å². The standard InChI is InChI=1S/C13H24O4/c1-6-7-17-13(4,5)10(14)8-9(11(15)16)12(8,2)3/h8-10,14H,6-7H2,1-5H3,(H,15,16). The Kier molecular flexibility index (Phi) is 3.89. The van der Waals surface area contributed by atoms with Gasteiger partial charge in [-0.1, -0.05) is 20.8 Å². The highest BCUT2D eigenvalue weighted by atomic mass is 16.5. The van der Waals surface area contributed by atoms with Gasteiger partial charge in [0.1, 0.15) is 0 Å². The summed E-state index contributed by atoms with van der Waals surface area (Å²) in [6.07, 6.45) is 0.136. The smallest absolute Gasteiger partial charge is 0.307 e. The number of aliphatic hydroxyl groups is 1. The molecule has 1 fully saturated rings. The van der Waals surface area contributed by atoms with E-state index < -0.39 is 23.6 Å². The van der Waals surface area contributed by atoms with Crippen molar-refractivity contribution in [3.63, 3.8) is 0 Å². The monoisotopic (exact) mass is 244 g/mol. The molecule has 0 aliphatic heterocycles. The molecule has 0 aromatic carbocycles. The third kappa shape index (κ3) is 2.63. The van der Waals surface area contributed by atoms with Crippen LogP contribution in [0.2, 0.25) is 0 Å². The first-order valence-corrected chi connectivity index (χ1v) is 6.21. The first-order chi connectivity index (χ1) is 7.66. The molecule has 2 N–H and O–H groups in total. The summed E-state index contributed by atoms with van der Waals surface area (Å²) in [5.74, 6) is -1.53. The number of carboxylic acids is 1. The molecule has 4 nitrogen and oxygen atoms in total. The van der Waals surface area contributed by atoms with E-state index in [1.165, 1.54) is 0 Å². The molecule has 100 valence electrons. The van der Waals surface area contributed by atoms with E-state index in [0.29, 0.717) is 6.61 Å². The first-order valence-electron chi connectivity index (χ1n) is 6.21. The highest BCUT2D eigenvalue weighted by Crippen LogP contribution is 2.61. The Morgan fingerprint density at radius 3 is 2.35 bits per heavy atom. The fourth-order valence-electron chi connectivity index (χ4n) is 2.62. The fraction of sp³-hybridized carbons (Fsp3) is 0.923. The lowest BCUT2D eigenvalue weighted by molar-refractivity contribution is -0.141. The number of rotatable bonds is 6. The topological polar surface area (TPSA) is 66.8 Å². The van der Waals surface area contributed by atoms with Gasteiger partial charge in [-0.3, -0.25) is 4.79 Å². The predicted molar refractivity (Wildman–Crippen MR) is 64.7 cm³/mol. The second kappa shape index (κ2) is 4.58. The highest BCUT2D eigenvalue weighted by molar-refractivity contribution is 5.75. The van der Waals surface area contributed by atoms with Crippen molar-refractivity contribution < 1.29 is 19.7 Å². The summed E-state index contributed by atoms with van der Waals surface area (Å²) in [7, 11) is 0. The first kappa shape index (κ1) is 14.5. The zero-order valence-electron chi connectivity index (χ0n) is 11.4. The molecular weight excluding hydrogens is 220 g/mol. The maximum Gasteiger partial charge on any atom is 0.307 e. The van der Waals surface area contributed by atoms with Crippen LogP contribution in [-0.2, 0) is 9.53 Å². The Bertz CT molecular complexity index is 296. The molecular formula is C13H24O4. The van der Waals surface area contributed by atoms with Crippen LogP contribution in [0.3, 0.4) is 0 Å². The molecule has 1 aliphatic rings. The van der Waals surface area contributed by atoms with Crippen molar-refractivity contribution in [2.24, 2.45) is 17.3 Å².